The van der Waals surface area contributed by atoms with Gasteiger partial charge in [-0.25, -0.2) is 4.90 Å². The fourth-order valence-electron chi connectivity index (χ4n) is 2.85. The number of anilines is 2. The van der Waals surface area contributed by atoms with Gasteiger partial charge in [-0.3, -0.25) is 9.59 Å². The first-order valence-corrected chi connectivity index (χ1v) is 10.2. The van der Waals surface area contributed by atoms with E-state index in [0.717, 1.165) is 9.80 Å². The monoisotopic (exact) mass is 440 g/mol. The molecular formula is C22H14Cl2N2O2S. The number of nitrogens with zero attached hydrogens (tertiary/aromatic N) is 1. The standard InChI is InChI=1S/C22H14Cl2N2O2S/c23-14-9-11-18(12-10-14)29-20-19(25-16-6-2-1-3-7-16)21(27)26(22(20)28)17-8-4-5-15(24)13-17/h1-13,25H. The molecule has 2 amide bonds. The van der Waals surface area contributed by atoms with Crippen LogP contribution in [0.25, 0.3) is 0 Å². The molecule has 1 N–H and O–H groups in total. The van der Waals surface area contributed by atoms with Crippen LogP contribution < -0.4 is 10.2 Å². The second kappa shape index (κ2) is 8.33. The zero-order chi connectivity index (χ0) is 20.4. The molecule has 4 nitrogen and oxygen atoms in total. The molecule has 0 unspecified atom stereocenters. The van der Waals surface area contributed by atoms with E-state index in [1.807, 2.05) is 30.3 Å². The van der Waals surface area contributed by atoms with E-state index in [2.05, 4.69) is 5.32 Å². The molecule has 4 rings (SSSR count). The molecular weight excluding hydrogens is 427 g/mol. The molecule has 0 fully saturated rings. The summed E-state index contributed by atoms with van der Waals surface area (Å²) < 4.78 is 0. The Kier molecular flexibility index (Phi) is 5.62. The van der Waals surface area contributed by atoms with Gasteiger partial charge in [0.15, 0.2) is 0 Å². The van der Waals surface area contributed by atoms with Gasteiger partial charge in [-0.2, -0.15) is 0 Å². The Morgan fingerprint density at radius 3 is 2.17 bits per heavy atom. The van der Waals surface area contributed by atoms with Gasteiger partial charge in [0, 0.05) is 20.6 Å². The van der Waals surface area contributed by atoms with Crippen LogP contribution in [0, 0.1) is 0 Å². The number of carbonyl (C=O) groups excluding carboxylic acids is 2. The van der Waals surface area contributed by atoms with Gasteiger partial charge in [0.05, 0.1) is 5.69 Å². The van der Waals surface area contributed by atoms with Gasteiger partial charge in [0.1, 0.15) is 10.6 Å². The van der Waals surface area contributed by atoms with Crippen molar-refractivity contribution < 1.29 is 9.59 Å². The van der Waals surface area contributed by atoms with Crippen molar-refractivity contribution in [3.63, 3.8) is 0 Å². The minimum Gasteiger partial charge on any atom is -0.350 e. The maximum Gasteiger partial charge on any atom is 0.283 e. The number of amides is 2. The summed E-state index contributed by atoms with van der Waals surface area (Å²) in [5.74, 6) is -0.840. The summed E-state index contributed by atoms with van der Waals surface area (Å²) >= 11 is 13.2. The highest BCUT2D eigenvalue weighted by Crippen LogP contribution is 2.38. The Balaban J connectivity index is 1.74. The van der Waals surface area contributed by atoms with Crippen LogP contribution in [-0.4, -0.2) is 11.8 Å². The third-order valence-electron chi connectivity index (χ3n) is 4.18. The highest BCUT2D eigenvalue weighted by atomic mass is 35.5. The van der Waals surface area contributed by atoms with Crippen LogP contribution in [0.3, 0.4) is 0 Å². The maximum absolute atomic E-state index is 13.2. The lowest BCUT2D eigenvalue weighted by Gasteiger charge is -2.15. The van der Waals surface area contributed by atoms with Gasteiger partial charge < -0.3 is 5.32 Å². The third-order valence-corrected chi connectivity index (χ3v) is 5.76. The van der Waals surface area contributed by atoms with Crippen molar-refractivity contribution in [2.75, 3.05) is 10.2 Å². The lowest BCUT2D eigenvalue weighted by atomic mass is 10.3. The lowest BCUT2D eigenvalue weighted by molar-refractivity contribution is -0.120. The Labute approximate surface area is 182 Å². The molecule has 1 heterocycles. The molecule has 29 heavy (non-hydrogen) atoms. The second-order valence-electron chi connectivity index (χ2n) is 6.18. The van der Waals surface area contributed by atoms with Gasteiger partial charge in [-0.1, -0.05) is 59.2 Å². The molecule has 0 aromatic heterocycles. The van der Waals surface area contributed by atoms with Crippen molar-refractivity contribution in [3.05, 3.63) is 99.5 Å². The van der Waals surface area contributed by atoms with Crippen molar-refractivity contribution in [2.45, 2.75) is 4.90 Å². The number of nitrogens with one attached hydrogen (secondary N) is 1. The fourth-order valence-corrected chi connectivity index (χ4v) is 4.09. The highest BCUT2D eigenvalue weighted by molar-refractivity contribution is 8.04. The van der Waals surface area contributed by atoms with E-state index < -0.39 is 11.8 Å². The van der Waals surface area contributed by atoms with E-state index in [9.17, 15) is 9.59 Å². The van der Waals surface area contributed by atoms with E-state index in [0.29, 0.717) is 26.3 Å². The average Bonchev–Trinajstić information content (AvgIpc) is 2.94. The van der Waals surface area contributed by atoms with E-state index in [1.165, 1.54) is 11.8 Å². The normalized spacial score (nSPS) is 13.9. The number of hydrogen-bond acceptors (Lipinski definition) is 4. The molecule has 3 aromatic rings. The van der Waals surface area contributed by atoms with Crippen molar-refractivity contribution >= 4 is 58.2 Å². The Hall–Kier alpha value is -2.73. The smallest absolute Gasteiger partial charge is 0.283 e. The van der Waals surface area contributed by atoms with Crippen molar-refractivity contribution in [3.8, 4) is 0 Å². The molecule has 1 aliphatic heterocycles. The number of carbonyl (C=O) groups is 2. The van der Waals surface area contributed by atoms with E-state index >= 15 is 0 Å². The first-order chi connectivity index (χ1) is 14.0. The van der Waals surface area contributed by atoms with Crippen LogP contribution in [0.4, 0.5) is 11.4 Å². The van der Waals surface area contributed by atoms with E-state index in [4.69, 9.17) is 23.2 Å². The summed E-state index contributed by atoms with van der Waals surface area (Å²) in [6.45, 7) is 0. The molecule has 1 aliphatic rings. The average molecular weight is 441 g/mol. The minimum atomic E-state index is -0.433. The molecule has 0 bridgehead atoms. The van der Waals surface area contributed by atoms with E-state index in [1.54, 1.807) is 48.5 Å². The summed E-state index contributed by atoms with van der Waals surface area (Å²) in [5, 5.41) is 4.15. The maximum atomic E-state index is 13.2. The fraction of sp³-hybridized carbons (Fsp3) is 0. The number of thioether (sulfide) groups is 1. The van der Waals surface area contributed by atoms with Gasteiger partial charge in [0.25, 0.3) is 11.8 Å². The van der Waals surface area contributed by atoms with Crippen LogP contribution in [0.5, 0.6) is 0 Å². The topological polar surface area (TPSA) is 49.4 Å². The SMILES string of the molecule is O=C1C(Nc2ccccc2)=C(Sc2ccc(Cl)cc2)C(=O)N1c1cccc(Cl)c1. The highest BCUT2D eigenvalue weighted by Gasteiger charge is 2.40. The molecule has 0 saturated carbocycles. The number of benzene rings is 3. The van der Waals surface area contributed by atoms with Gasteiger partial charge >= 0.3 is 0 Å². The van der Waals surface area contributed by atoms with Crippen LogP contribution in [0.15, 0.2) is 94.4 Å². The van der Waals surface area contributed by atoms with Gasteiger partial charge in [-0.05, 0) is 54.6 Å². The number of imide groups is 1. The lowest BCUT2D eigenvalue weighted by Crippen LogP contribution is -2.32. The first kappa shape index (κ1) is 19.6. The predicted octanol–water partition coefficient (Wildman–Crippen LogP) is 5.98. The third kappa shape index (κ3) is 4.17. The molecule has 0 atom stereocenters. The zero-order valence-corrected chi connectivity index (χ0v) is 17.3. The molecule has 0 spiro atoms. The Bertz CT molecular complexity index is 1120. The van der Waals surface area contributed by atoms with E-state index in [-0.39, 0.29) is 5.70 Å². The summed E-state index contributed by atoms with van der Waals surface area (Å²) in [7, 11) is 0. The number of hydrogen-bond donors (Lipinski definition) is 1. The second-order valence-corrected chi connectivity index (χ2v) is 8.13. The molecule has 3 aromatic carbocycles. The van der Waals surface area contributed by atoms with Gasteiger partial charge in [0.2, 0.25) is 0 Å². The Morgan fingerprint density at radius 2 is 1.48 bits per heavy atom. The summed E-state index contributed by atoms with van der Waals surface area (Å²) in [6, 6.07) is 23.0. The number of para-hydroxylation sites is 1. The van der Waals surface area contributed by atoms with Crippen LogP contribution in [0.2, 0.25) is 10.0 Å². The minimum absolute atomic E-state index is 0.223. The number of rotatable bonds is 5. The summed E-state index contributed by atoms with van der Waals surface area (Å²) in [4.78, 5) is 28.6. The van der Waals surface area contributed by atoms with Crippen LogP contribution in [-0.2, 0) is 9.59 Å². The number of halogens is 2. The summed E-state index contributed by atoms with van der Waals surface area (Å²) in [6.07, 6.45) is 0. The quantitative estimate of drug-likeness (QED) is 0.495. The van der Waals surface area contributed by atoms with Crippen molar-refractivity contribution in [2.24, 2.45) is 0 Å². The molecule has 7 heteroatoms. The Morgan fingerprint density at radius 1 is 0.759 bits per heavy atom. The van der Waals surface area contributed by atoms with Gasteiger partial charge in [-0.15, -0.1) is 0 Å². The molecule has 0 radical (unpaired) electrons. The molecule has 144 valence electrons. The van der Waals surface area contributed by atoms with Crippen molar-refractivity contribution in [1.29, 1.82) is 0 Å². The first-order valence-electron chi connectivity index (χ1n) is 8.67. The largest absolute Gasteiger partial charge is 0.350 e. The van der Waals surface area contributed by atoms with Crippen LogP contribution in [0.1, 0.15) is 0 Å². The predicted molar refractivity (Wildman–Crippen MR) is 118 cm³/mol. The molecule has 0 saturated heterocycles. The molecule has 0 aliphatic carbocycles. The van der Waals surface area contributed by atoms with Crippen LogP contribution >= 0.6 is 35.0 Å². The zero-order valence-electron chi connectivity index (χ0n) is 14.9. The summed E-state index contributed by atoms with van der Waals surface area (Å²) in [5.41, 5.74) is 1.36. The van der Waals surface area contributed by atoms with Crippen molar-refractivity contribution in [1.82, 2.24) is 0 Å².